The van der Waals surface area contributed by atoms with Gasteiger partial charge in [-0.1, -0.05) is 35.5 Å². The molecule has 2 rings (SSSR count). The zero-order valence-corrected chi connectivity index (χ0v) is 12.5. The van der Waals surface area contributed by atoms with E-state index in [-0.39, 0.29) is 18.0 Å². The van der Waals surface area contributed by atoms with Crippen LogP contribution in [-0.2, 0) is 4.79 Å². The number of nitrogens with zero attached hydrogens (tertiary/aromatic N) is 1. The summed E-state index contributed by atoms with van der Waals surface area (Å²) in [6.07, 6.45) is 0.318. The van der Waals surface area contributed by atoms with Crippen LogP contribution in [0.2, 0.25) is 0 Å². The zero-order chi connectivity index (χ0) is 16.2. The van der Waals surface area contributed by atoms with Crippen LogP contribution in [0.5, 0.6) is 0 Å². The molecule has 0 aliphatic rings. The number of carbonyl (C=O) groups is 2. The van der Waals surface area contributed by atoms with Crippen molar-refractivity contribution >= 4 is 11.9 Å². The summed E-state index contributed by atoms with van der Waals surface area (Å²) in [6, 6.07) is 10.9. The summed E-state index contributed by atoms with van der Waals surface area (Å²) < 4.78 is 5.18. The molecule has 1 amide bonds. The van der Waals surface area contributed by atoms with Crippen LogP contribution in [0.25, 0.3) is 11.3 Å². The minimum atomic E-state index is -0.893. The van der Waals surface area contributed by atoms with Crippen molar-refractivity contribution in [1.29, 1.82) is 0 Å². The van der Waals surface area contributed by atoms with Crippen molar-refractivity contribution < 1.29 is 19.2 Å². The number of aromatic nitrogens is 1. The molecule has 0 atom stereocenters. The second-order valence-electron chi connectivity index (χ2n) is 5.67. The maximum Gasteiger partial charge on any atom is 0.303 e. The maximum absolute atomic E-state index is 12.2. The van der Waals surface area contributed by atoms with Gasteiger partial charge in [0.25, 0.3) is 5.91 Å². The SMILES string of the molecule is CC(C)(CCC(=O)O)NC(=O)c1cc(-c2ccccc2)on1. The molecule has 22 heavy (non-hydrogen) atoms. The molecule has 0 saturated carbocycles. The Kier molecular flexibility index (Phi) is 4.60. The van der Waals surface area contributed by atoms with Crippen LogP contribution >= 0.6 is 0 Å². The summed E-state index contributed by atoms with van der Waals surface area (Å²) in [5.41, 5.74) is 0.364. The largest absolute Gasteiger partial charge is 0.481 e. The van der Waals surface area contributed by atoms with Gasteiger partial charge >= 0.3 is 5.97 Å². The Morgan fingerprint density at radius 2 is 1.95 bits per heavy atom. The van der Waals surface area contributed by atoms with Crippen LogP contribution in [-0.4, -0.2) is 27.7 Å². The fourth-order valence-corrected chi connectivity index (χ4v) is 1.97. The zero-order valence-electron chi connectivity index (χ0n) is 12.5. The standard InChI is InChI=1S/C16H18N2O4/c1-16(2,9-8-14(19)20)17-15(21)12-10-13(22-18-12)11-6-4-3-5-7-11/h3-7,10H,8-9H2,1-2H3,(H,17,21)(H,19,20). The van der Waals surface area contributed by atoms with Crippen LogP contribution in [0.4, 0.5) is 0 Å². The van der Waals surface area contributed by atoms with E-state index in [1.54, 1.807) is 19.9 Å². The predicted molar refractivity (Wildman–Crippen MR) is 80.4 cm³/mol. The minimum Gasteiger partial charge on any atom is -0.481 e. The molecule has 116 valence electrons. The third-order valence-corrected chi connectivity index (χ3v) is 3.22. The molecule has 0 saturated heterocycles. The first-order valence-electron chi connectivity index (χ1n) is 6.94. The van der Waals surface area contributed by atoms with Gasteiger partial charge in [0.15, 0.2) is 11.5 Å². The van der Waals surface area contributed by atoms with Gasteiger partial charge in [-0.3, -0.25) is 9.59 Å². The highest BCUT2D eigenvalue weighted by atomic mass is 16.5. The molecular formula is C16H18N2O4. The van der Waals surface area contributed by atoms with Crippen molar-refractivity contribution in [1.82, 2.24) is 10.5 Å². The third kappa shape index (κ3) is 4.18. The highest BCUT2D eigenvalue weighted by Crippen LogP contribution is 2.20. The van der Waals surface area contributed by atoms with Crippen molar-refractivity contribution in [3.8, 4) is 11.3 Å². The van der Waals surface area contributed by atoms with Gasteiger partial charge in [0.1, 0.15) is 0 Å². The molecule has 0 fully saturated rings. The number of carboxylic acid groups (broad SMARTS) is 1. The number of rotatable bonds is 6. The number of amides is 1. The average molecular weight is 302 g/mol. The Hall–Kier alpha value is -2.63. The van der Waals surface area contributed by atoms with Crippen molar-refractivity contribution in [2.24, 2.45) is 0 Å². The molecule has 2 N–H and O–H groups in total. The average Bonchev–Trinajstić information content (AvgIpc) is 2.96. The molecule has 0 unspecified atom stereocenters. The van der Waals surface area contributed by atoms with E-state index < -0.39 is 11.5 Å². The fraction of sp³-hybridized carbons (Fsp3) is 0.312. The van der Waals surface area contributed by atoms with E-state index in [0.29, 0.717) is 12.2 Å². The fourth-order valence-electron chi connectivity index (χ4n) is 1.97. The van der Waals surface area contributed by atoms with Crippen molar-refractivity contribution in [3.63, 3.8) is 0 Å². The quantitative estimate of drug-likeness (QED) is 0.856. The van der Waals surface area contributed by atoms with Gasteiger partial charge in [-0.15, -0.1) is 0 Å². The number of aliphatic carboxylic acids is 1. The van der Waals surface area contributed by atoms with Gasteiger partial charge in [-0.2, -0.15) is 0 Å². The van der Waals surface area contributed by atoms with Crippen LogP contribution in [0.15, 0.2) is 40.9 Å². The molecule has 0 aliphatic carbocycles. The molecule has 0 bridgehead atoms. The number of hydrogen-bond donors (Lipinski definition) is 2. The summed E-state index contributed by atoms with van der Waals surface area (Å²) in [6.45, 7) is 3.54. The van der Waals surface area contributed by atoms with E-state index in [4.69, 9.17) is 9.63 Å². The minimum absolute atomic E-state index is 0.0125. The molecule has 0 aliphatic heterocycles. The Bertz CT molecular complexity index is 662. The van der Waals surface area contributed by atoms with E-state index in [2.05, 4.69) is 10.5 Å². The highest BCUT2D eigenvalue weighted by molar-refractivity contribution is 5.93. The van der Waals surface area contributed by atoms with Crippen LogP contribution in [0, 0.1) is 0 Å². The number of carboxylic acids is 1. The Balaban J connectivity index is 2.04. The molecule has 1 heterocycles. The molecular weight excluding hydrogens is 284 g/mol. The lowest BCUT2D eigenvalue weighted by molar-refractivity contribution is -0.137. The molecule has 1 aromatic heterocycles. The van der Waals surface area contributed by atoms with E-state index in [0.717, 1.165) is 5.56 Å². The van der Waals surface area contributed by atoms with Gasteiger partial charge in [0.05, 0.1) is 0 Å². The van der Waals surface area contributed by atoms with E-state index in [1.165, 1.54) is 0 Å². The maximum atomic E-state index is 12.2. The predicted octanol–water partition coefficient (Wildman–Crippen LogP) is 2.71. The lowest BCUT2D eigenvalue weighted by atomic mass is 9.98. The Labute approximate surface area is 128 Å². The smallest absolute Gasteiger partial charge is 0.303 e. The van der Waals surface area contributed by atoms with Crippen molar-refractivity contribution in [2.45, 2.75) is 32.2 Å². The van der Waals surface area contributed by atoms with Gasteiger partial charge in [-0.25, -0.2) is 0 Å². The first-order chi connectivity index (χ1) is 10.4. The number of hydrogen-bond acceptors (Lipinski definition) is 4. The number of benzene rings is 1. The second kappa shape index (κ2) is 6.43. The number of nitrogens with one attached hydrogen (secondary N) is 1. The van der Waals surface area contributed by atoms with E-state index >= 15 is 0 Å². The topological polar surface area (TPSA) is 92.4 Å². The molecule has 0 radical (unpaired) electrons. The van der Waals surface area contributed by atoms with Gasteiger partial charge in [0.2, 0.25) is 0 Å². The Morgan fingerprint density at radius 3 is 2.59 bits per heavy atom. The van der Waals surface area contributed by atoms with E-state index in [1.807, 2.05) is 30.3 Å². The lowest BCUT2D eigenvalue weighted by Crippen LogP contribution is -2.43. The Morgan fingerprint density at radius 1 is 1.27 bits per heavy atom. The monoisotopic (exact) mass is 302 g/mol. The normalized spacial score (nSPS) is 11.2. The summed E-state index contributed by atoms with van der Waals surface area (Å²) in [4.78, 5) is 22.8. The van der Waals surface area contributed by atoms with Crippen LogP contribution in [0.1, 0.15) is 37.2 Å². The van der Waals surface area contributed by atoms with Gasteiger partial charge in [0, 0.05) is 23.6 Å². The molecule has 2 aromatic rings. The summed E-state index contributed by atoms with van der Waals surface area (Å²) in [7, 11) is 0. The summed E-state index contributed by atoms with van der Waals surface area (Å²) in [5, 5.41) is 15.3. The summed E-state index contributed by atoms with van der Waals surface area (Å²) >= 11 is 0. The van der Waals surface area contributed by atoms with Gasteiger partial charge in [-0.05, 0) is 20.3 Å². The van der Waals surface area contributed by atoms with Crippen LogP contribution < -0.4 is 5.32 Å². The third-order valence-electron chi connectivity index (χ3n) is 3.22. The molecule has 0 spiro atoms. The molecule has 1 aromatic carbocycles. The van der Waals surface area contributed by atoms with Gasteiger partial charge < -0.3 is 14.9 Å². The van der Waals surface area contributed by atoms with Crippen molar-refractivity contribution in [3.05, 3.63) is 42.1 Å². The lowest BCUT2D eigenvalue weighted by Gasteiger charge is -2.24. The van der Waals surface area contributed by atoms with Crippen LogP contribution in [0.3, 0.4) is 0 Å². The first-order valence-corrected chi connectivity index (χ1v) is 6.94. The van der Waals surface area contributed by atoms with Crippen molar-refractivity contribution in [2.75, 3.05) is 0 Å². The number of carbonyl (C=O) groups excluding carboxylic acids is 1. The molecule has 6 nitrogen and oxygen atoms in total. The molecule has 6 heteroatoms. The highest BCUT2D eigenvalue weighted by Gasteiger charge is 2.24. The second-order valence-corrected chi connectivity index (χ2v) is 5.67. The first kappa shape index (κ1) is 15.8. The summed E-state index contributed by atoms with van der Waals surface area (Å²) in [5.74, 6) is -0.773. The van der Waals surface area contributed by atoms with E-state index in [9.17, 15) is 9.59 Å².